The first-order valence-corrected chi connectivity index (χ1v) is 5.22. The summed E-state index contributed by atoms with van der Waals surface area (Å²) in [4.78, 5) is 0. The van der Waals surface area contributed by atoms with Crippen LogP contribution in [0.25, 0.3) is 0 Å². The van der Waals surface area contributed by atoms with Crippen LogP contribution in [0.5, 0.6) is 0 Å². The van der Waals surface area contributed by atoms with E-state index < -0.39 is 0 Å². The lowest BCUT2D eigenvalue weighted by molar-refractivity contribution is 0.136. The summed E-state index contributed by atoms with van der Waals surface area (Å²) in [7, 11) is 0. The number of rotatable bonds is 3. The summed E-state index contributed by atoms with van der Waals surface area (Å²) in [5.41, 5.74) is 0. The average molecular weight is 175 g/mol. The molecule has 1 fully saturated rings. The minimum atomic E-state index is 0.449. The normalized spacial score (nSPS) is 33.5. The molecule has 0 N–H and O–H groups in total. The van der Waals surface area contributed by atoms with Gasteiger partial charge in [-0.05, 0) is 37.0 Å². The van der Waals surface area contributed by atoms with E-state index in [1.807, 2.05) is 0 Å². The van der Waals surface area contributed by atoms with Crippen LogP contribution in [0.4, 0.5) is 0 Å². The maximum atomic E-state index is 6.14. The summed E-state index contributed by atoms with van der Waals surface area (Å²) in [6.07, 6.45) is 3.89. The maximum Gasteiger partial charge on any atom is 0.0361 e. The molecule has 1 unspecified atom stereocenters. The Kier molecular flexibility index (Phi) is 3.24. The SMILES string of the molecule is CCC(Cl)C1CC(C(C)C)C1. The molecule has 1 aliphatic rings. The summed E-state index contributed by atoms with van der Waals surface area (Å²) in [6, 6.07) is 0. The summed E-state index contributed by atoms with van der Waals surface area (Å²) in [6.45, 7) is 6.81. The molecule has 0 aromatic heterocycles. The zero-order valence-electron chi connectivity index (χ0n) is 7.81. The molecule has 1 saturated carbocycles. The van der Waals surface area contributed by atoms with E-state index in [4.69, 9.17) is 11.6 Å². The third-order valence-corrected chi connectivity index (χ3v) is 3.72. The summed E-state index contributed by atoms with van der Waals surface area (Å²) >= 11 is 6.14. The van der Waals surface area contributed by atoms with Gasteiger partial charge in [0.25, 0.3) is 0 Å². The quantitative estimate of drug-likeness (QED) is 0.573. The van der Waals surface area contributed by atoms with Crippen molar-refractivity contribution in [3.63, 3.8) is 0 Å². The van der Waals surface area contributed by atoms with Crippen molar-refractivity contribution in [2.45, 2.75) is 45.4 Å². The largest absolute Gasteiger partial charge is 0.123 e. The van der Waals surface area contributed by atoms with Crippen LogP contribution >= 0.6 is 11.6 Å². The van der Waals surface area contributed by atoms with Crippen LogP contribution in [0.2, 0.25) is 0 Å². The monoisotopic (exact) mass is 174 g/mol. The molecule has 1 rings (SSSR count). The van der Waals surface area contributed by atoms with Gasteiger partial charge in [0.1, 0.15) is 0 Å². The highest BCUT2D eigenvalue weighted by atomic mass is 35.5. The van der Waals surface area contributed by atoms with Crippen molar-refractivity contribution in [2.75, 3.05) is 0 Å². The predicted octanol–water partition coefficient (Wildman–Crippen LogP) is 3.69. The van der Waals surface area contributed by atoms with Gasteiger partial charge in [-0.15, -0.1) is 11.6 Å². The molecule has 0 aromatic carbocycles. The standard InChI is InChI=1S/C10H19Cl/c1-4-10(11)9-5-8(6-9)7(2)3/h7-10H,4-6H2,1-3H3. The first kappa shape index (κ1) is 9.38. The lowest BCUT2D eigenvalue weighted by Gasteiger charge is -2.40. The molecule has 0 radical (unpaired) electrons. The number of hydrogen-bond donors (Lipinski definition) is 0. The molecule has 0 heterocycles. The number of alkyl halides is 1. The average Bonchev–Trinajstić information content (AvgIpc) is 1.83. The van der Waals surface area contributed by atoms with E-state index in [1.54, 1.807) is 0 Å². The molecular weight excluding hydrogens is 156 g/mol. The molecule has 0 nitrogen and oxygen atoms in total. The van der Waals surface area contributed by atoms with Crippen LogP contribution in [-0.4, -0.2) is 5.38 Å². The maximum absolute atomic E-state index is 6.14. The van der Waals surface area contributed by atoms with Gasteiger partial charge in [0.15, 0.2) is 0 Å². The fraction of sp³-hybridized carbons (Fsp3) is 1.00. The molecule has 1 aliphatic carbocycles. The Labute approximate surface area is 75.3 Å². The first-order chi connectivity index (χ1) is 5.15. The Morgan fingerprint density at radius 1 is 1.27 bits per heavy atom. The first-order valence-electron chi connectivity index (χ1n) is 4.79. The van der Waals surface area contributed by atoms with Crippen LogP contribution in [-0.2, 0) is 0 Å². The molecule has 0 aliphatic heterocycles. The molecule has 0 saturated heterocycles. The van der Waals surface area contributed by atoms with Gasteiger partial charge in [0.2, 0.25) is 0 Å². The Balaban J connectivity index is 2.18. The molecule has 0 aromatic rings. The molecule has 1 atom stereocenters. The highest BCUT2D eigenvalue weighted by Gasteiger charge is 2.34. The van der Waals surface area contributed by atoms with Crippen molar-refractivity contribution in [3.8, 4) is 0 Å². The Bertz CT molecular complexity index is 114. The smallest absolute Gasteiger partial charge is 0.0361 e. The lowest BCUT2D eigenvalue weighted by Crippen LogP contribution is -2.33. The Hall–Kier alpha value is 0.290. The fourth-order valence-electron chi connectivity index (χ4n) is 1.88. The molecular formula is C10H19Cl. The Morgan fingerprint density at radius 3 is 2.18 bits per heavy atom. The minimum absolute atomic E-state index is 0.449. The van der Waals surface area contributed by atoms with Gasteiger partial charge in [-0.25, -0.2) is 0 Å². The lowest BCUT2D eigenvalue weighted by atomic mass is 9.68. The van der Waals surface area contributed by atoms with E-state index in [0.717, 1.165) is 24.2 Å². The van der Waals surface area contributed by atoms with Crippen LogP contribution in [0.3, 0.4) is 0 Å². The van der Waals surface area contributed by atoms with Crippen molar-refractivity contribution < 1.29 is 0 Å². The third kappa shape index (κ3) is 2.11. The van der Waals surface area contributed by atoms with E-state index in [2.05, 4.69) is 20.8 Å². The van der Waals surface area contributed by atoms with Gasteiger partial charge >= 0.3 is 0 Å². The fourth-order valence-corrected chi connectivity index (χ4v) is 2.09. The zero-order valence-corrected chi connectivity index (χ0v) is 8.56. The van der Waals surface area contributed by atoms with E-state index >= 15 is 0 Å². The van der Waals surface area contributed by atoms with Crippen molar-refractivity contribution >= 4 is 11.6 Å². The molecule has 11 heavy (non-hydrogen) atoms. The van der Waals surface area contributed by atoms with Crippen LogP contribution in [0.15, 0.2) is 0 Å². The second-order valence-electron chi connectivity index (χ2n) is 4.16. The Morgan fingerprint density at radius 2 is 1.82 bits per heavy atom. The number of hydrogen-bond acceptors (Lipinski definition) is 0. The van der Waals surface area contributed by atoms with E-state index in [0.29, 0.717) is 5.38 Å². The summed E-state index contributed by atoms with van der Waals surface area (Å²) < 4.78 is 0. The summed E-state index contributed by atoms with van der Waals surface area (Å²) in [5.74, 6) is 2.66. The van der Waals surface area contributed by atoms with Crippen molar-refractivity contribution in [2.24, 2.45) is 17.8 Å². The van der Waals surface area contributed by atoms with Crippen LogP contribution < -0.4 is 0 Å². The van der Waals surface area contributed by atoms with E-state index in [9.17, 15) is 0 Å². The van der Waals surface area contributed by atoms with Crippen LogP contribution in [0, 0.1) is 17.8 Å². The minimum Gasteiger partial charge on any atom is -0.123 e. The van der Waals surface area contributed by atoms with Gasteiger partial charge in [0.05, 0.1) is 0 Å². The van der Waals surface area contributed by atoms with Crippen molar-refractivity contribution in [1.29, 1.82) is 0 Å². The van der Waals surface area contributed by atoms with Crippen molar-refractivity contribution in [1.82, 2.24) is 0 Å². The number of halogens is 1. The molecule has 66 valence electrons. The molecule has 0 amide bonds. The zero-order chi connectivity index (χ0) is 8.43. The van der Waals surface area contributed by atoms with E-state index in [-0.39, 0.29) is 0 Å². The van der Waals surface area contributed by atoms with Gasteiger partial charge in [0, 0.05) is 5.38 Å². The molecule has 1 heteroatoms. The van der Waals surface area contributed by atoms with Gasteiger partial charge < -0.3 is 0 Å². The topological polar surface area (TPSA) is 0 Å². The van der Waals surface area contributed by atoms with Gasteiger partial charge in [-0.2, -0.15) is 0 Å². The van der Waals surface area contributed by atoms with Crippen molar-refractivity contribution in [3.05, 3.63) is 0 Å². The second-order valence-corrected chi connectivity index (χ2v) is 4.72. The highest BCUT2D eigenvalue weighted by Crippen LogP contribution is 2.42. The molecule has 0 bridgehead atoms. The summed E-state index contributed by atoms with van der Waals surface area (Å²) in [5, 5.41) is 0.449. The van der Waals surface area contributed by atoms with Gasteiger partial charge in [-0.3, -0.25) is 0 Å². The third-order valence-electron chi connectivity index (χ3n) is 3.06. The highest BCUT2D eigenvalue weighted by molar-refractivity contribution is 6.20. The molecule has 0 spiro atoms. The van der Waals surface area contributed by atoms with Gasteiger partial charge in [-0.1, -0.05) is 20.8 Å². The predicted molar refractivity (Wildman–Crippen MR) is 51.0 cm³/mol. The van der Waals surface area contributed by atoms with Crippen LogP contribution in [0.1, 0.15) is 40.0 Å². The second kappa shape index (κ2) is 3.80. The van der Waals surface area contributed by atoms with E-state index in [1.165, 1.54) is 12.8 Å².